The third-order valence-electron chi connectivity index (χ3n) is 4.94. The van der Waals surface area contributed by atoms with Gasteiger partial charge in [-0.05, 0) is 48.0 Å². The normalized spacial score (nSPS) is 10.9. The average molecular weight is 436 g/mol. The molecule has 0 saturated carbocycles. The first kappa shape index (κ1) is 20.6. The topological polar surface area (TPSA) is 99.6 Å². The minimum atomic E-state index is -0.310. The van der Waals surface area contributed by atoms with Gasteiger partial charge in [-0.3, -0.25) is 14.3 Å². The van der Waals surface area contributed by atoms with Crippen LogP contribution in [0.25, 0.3) is 11.4 Å². The van der Waals surface area contributed by atoms with Crippen molar-refractivity contribution in [3.8, 4) is 11.4 Å². The number of nitrogens with zero attached hydrogens (tertiary/aromatic N) is 6. The Bertz CT molecular complexity index is 1290. The van der Waals surface area contributed by atoms with Gasteiger partial charge in [0, 0.05) is 7.05 Å². The summed E-state index contributed by atoms with van der Waals surface area (Å²) in [5.41, 5.74) is 3.23. The minimum Gasteiger partial charge on any atom is -0.319 e. The molecule has 0 saturated heterocycles. The monoisotopic (exact) mass is 435 g/mol. The summed E-state index contributed by atoms with van der Waals surface area (Å²) in [4.78, 5) is 25.6. The quantitative estimate of drug-likeness (QED) is 0.467. The van der Waals surface area contributed by atoms with Crippen LogP contribution in [0.2, 0.25) is 0 Å². The lowest BCUT2D eigenvalue weighted by Gasteiger charge is -2.07. The predicted octanol–water partition coefficient (Wildman–Crippen LogP) is 2.50. The molecule has 0 fully saturated rings. The Morgan fingerprint density at radius 1 is 1.06 bits per heavy atom. The predicted molar refractivity (Wildman–Crippen MR) is 119 cm³/mol. The summed E-state index contributed by atoms with van der Waals surface area (Å²) in [5.74, 6) is -0.249. The van der Waals surface area contributed by atoms with E-state index in [9.17, 15) is 9.59 Å². The van der Waals surface area contributed by atoms with Gasteiger partial charge in [0.15, 0.2) is 0 Å². The Labute approximate surface area is 182 Å². The second-order valence-electron chi connectivity index (χ2n) is 6.93. The van der Waals surface area contributed by atoms with Crippen LogP contribution in [0.15, 0.2) is 64.5 Å². The van der Waals surface area contributed by atoms with Crippen LogP contribution in [0.1, 0.15) is 11.3 Å². The molecule has 31 heavy (non-hydrogen) atoms. The molecule has 0 bridgehead atoms. The van der Waals surface area contributed by atoms with Gasteiger partial charge >= 0.3 is 0 Å². The molecular formula is C21H21N7O2S. The van der Waals surface area contributed by atoms with E-state index in [0.717, 1.165) is 16.9 Å². The number of hydrogen-bond acceptors (Lipinski definition) is 6. The van der Waals surface area contributed by atoms with Crippen LogP contribution in [-0.2, 0) is 11.8 Å². The Morgan fingerprint density at radius 3 is 2.52 bits per heavy atom. The van der Waals surface area contributed by atoms with Crippen molar-refractivity contribution in [1.82, 2.24) is 29.6 Å². The van der Waals surface area contributed by atoms with Crippen LogP contribution in [0, 0.1) is 13.8 Å². The van der Waals surface area contributed by atoms with Crippen LogP contribution in [0.5, 0.6) is 0 Å². The molecule has 0 aliphatic heterocycles. The maximum absolute atomic E-state index is 12.9. The highest BCUT2D eigenvalue weighted by atomic mass is 32.2. The lowest BCUT2D eigenvalue weighted by molar-refractivity contribution is -0.113. The molecule has 4 rings (SSSR count). The van der Waals surface area contributed by atoms with Crippen molar-refractivity contribution in [3.05, 3.63) is 76.2 Å². The van der Waals surface area contributed by atoms with Gasteiger partial charge in [0.25, 0.3) is 5.56 Å². The number of para-hydroxylation sites is 2. The second kappa shape index (κ2) is 8.60. The molecule has 9 nitrogen and oxygen atoms in total. The molecule has 0 aliphatic carbocycles. The number of aromatic nitrogens is 6. The average Bonchev–Trinajstić information content (AvgIpc) is 3.32. The summed E-state index contributed by atoms with van der Waals surface area (Å²) in [5, 5.41) is 15.0. The number of amides is 1. The maximum atomic E-state index is 12.9. The molecule has 0 unspecified atom stereocenters. The molecule has 0 aliphatic rings. The van der Waals surface area contributed by atoms with Crippen LogP contribution in [0.3, 0.4) is 0 Å². The van der Waals surface area contributed by atoms with Gasteiger partial charge in [0.1, 0.15) is 5.69 Å². The molecule has 0 radical (unpaired) electrons. The number of tetrazole rings is 1. The lowest BCUT2D eigenvalue weighted by Crippen LogP contribution is -2.23. The highest BCUT2D eigenvalue weighted by Crippen LogP contribution is 2.21. The summed E-state index contributed by atoms with van der Waals surface area (Å²) in [7, 11) is 1.78. The second-order valence-corrected chi connectivity index (χ2v) is 7.88. The molecule has 0 spiro atoms. The number of thioether (sulfide) groups is 1. The van der Waals surface area contributed by atoms with E-state index < -0.39 is 0 Å². The zero-order valence-electron chi connectivity index (χ0n) is 17.3. The number of nitrogens with one attached hydrogen (secondary N) is 1. The van der Waals surface area contributed by atoms with Gasteiger partial charge < -0.3 is 5.32 Å². The molecule has 0 atom stereocenters. The summed E-state index contributed by atoms with van der Waals surface area (Å²) < 4.78 is 4.85. The molecule has 4 aromatic rings. The highest BCUT2D eigenvalue weighted by Gasteiger charge is 2.19. The number of rotatable bonds is 6. The number of hydrogen-bond donors (Lipinski definition) is 1. The van der Waals surface area contributed by atoms with Crippen LogP contribution < -0.4 is 10.9 Å². The third kappa shape index (κ3) is 4.02. The number of carbonyl (C=O) groups is 1. The van der Waals surface area contributed by atoms with Crippen molar-refractivity contribution in [3.63, 3.8) is 0 Å². The molecule has 1 amide bonds. The van der Waals surface area contributed by atoms with Crippen molar-refractivity contribution in [1.29, 1.82) is 0 Å². The maximum Gasteiger partial charge on any atom is 0.295 e. The zero-order valence-corrected chi connectivity index (χ0v) is 18.1. The fourth-order valence-corrected chi connectivity index (χ4v) is 3.92. The number of benzene rings is 2. The van der Waals surface area contributed by atoms with Crippen molar-refractivity contribution < 1.29 is 4.79 Å². The Morgan fingerprint density at radius 2 is 1.77 bits per heavy atom. The zero-order chi connectivity index (χ0) is 22.0. The van der Waals surface area contributed by atoms with Crippen molar-refractivity contribution in [2.24, 2.45) is 7.05 Å². The smallest absolute Gasteiger partial charge is 0.295 e. The fraction of sp³-hybridized carbons (Fsp3) is 0.190. The lowest BCUT2D eigenvalue weighted by atomic mass is 10.2. The molecule has 10 heteroatoms. The van der Waals surface area contributed by atoms with E-state index in [4.69, 9.17) is 0 Å². The molecule has 2 heterocycles. The summed E-state index contributed by atoms with van der Waals surface area (Å²) in [6.45, 7) is 3.76. The van der Waals surface area contributed by atoms with Gasteiger partial charge in [-0.2, -0.15) is 4.68 Å². The van der Waals surface area contributed by atoms with Crippen LogP contribution in [-0.4, -0.2) is 41.2 Å². The minimum absolute atomic E-state index is 0.0609. The molecule has 158 valence electrons. The fourth-order valence-electron chi connectivity index (χ4n) is 3.24. The van der Waals surface area contributed by atoms with Gasteiger partial charge in [-0.25, -0.2) is 4.68 Å². The van der Waals surface area contributed by atoms with E-state index >= 15 is 0 Å². The first-order valence-electron chi connectivity index (χ1n) is 9.58. The van der Waals surface area contributed by atoms with Crippen molar-refractivity contribution in [2.45, 2.75) is 19.0 Å². The van der Waals surface area contributed by atoms with Gasteiger partial charge in [-0.1, -0.05) is 48.2 Å². The van der Waals surface area contributed by atoms with E-state index in [1.54, 1.807) is 23.3 Å². The van der Waals surface area contributed by atoms with Crippen molar-refractivity contribution in [2.75, 3.05) is 11.1 Å². The summed E-state index contributed by atoms with van der Waals surface area (Å²) >= 11 is 1.20. The number of aryl methyl sites for hydroxylation is 1. The van der Waals surface area contributed by atoms with Crippen molar-refractivity contribution >= 4 is 23.4 Å². The Balaban J connectivity index is 1.51. The van der Waals surface area contributed by atoms with E-state index in [-0.39, 0.29) is 22.9 Å². The molecule has 2 aromatic carbocycles. The SMILES string of the molecule is Cc1ccccc1-n1nnnc1SCC(=O)Nc1c(C)n(C)n(-c2ccccc2)c1=O. The highest BCUT2D eigenvalue weighted by molar-refractivity contribution is 7.99. The number of anilines is 1. The largest absolute Gasteiger partial charge is 0.319 e. The Hall–Kier alpha value is -3.66. The third-order valence-corrected chi connectivity index (χ3v) is 5.85. The molecule has 2 aromatic heterocycles. The Kier molecular flexibility index (Phi) is 5.72. The summed E-state index contributed by atoms with van der Waals surface area (Å²) in [6.07, 6.45) is 0. The van der Waals surface area contributed by atoms with E-state index in [1.807, 2.05) is 61.5 Å². The molecular weight excluding hydrogens is 414 g/mol. The van der Waals surface area contributed by atoms with Gasteiger partial charge in [0.2, 0.25) is 11.1 Å². The van der Waals surface area contributed by atoms with Crippen LogP contribution in [0.4, 0.5) is 5.69 Å². The van der Waals surface area contributed by atoms with Gasteiger partial charge in [-0.15, -0.1) is 5.10 Å². The molecule has 1 N–H and O–H groups in total. The van der Waals surface area contributed by atoms with E-state index in [1.165, 1.54) is 16.4 Å². The van der Waals surface area contributed by atoms with E-state index in [2.05, 4.69) is 20.8 Å². The standard InChI is InChI=1S/C21H21N7O2S/c1-14-9-7-8-12-17(14)27-21(23-24-25-27)31-13-18(29)22-19-15(2)26(3)28(20(19)30)16-10-5-4-6-11-16/h4-12H,13H2,1-3H3,(H,22,29). The first-order valence-corrected chi connectivity index (χ1v) is 10.6. The first-order chi connectivity index (χ1) is 15.0. The van der Waals surface area contributed by atoms with Crippen LogP contribution >= 0.6 is 11.8 Å². The van der Waals surface area contributed by atoms with Gasteiger partial charge in [0.05, 0.1) is 22.8 Å². The van der Waals surface area contributed by atoms with E-state index in [0.29, 0.717) is 10.9 Å². The summed E-state index contributed by atoms with van der Waals surface area (Å²) in [6, 6.07) is 17.0. The number of carbonyl (C=O) groups excluding carboxylic acids is 1.